The fraction of sp³-hybridized carbons (Fsp3) is 0.417. The molecule has 0 saturated heterocycles. The van der Waals surface area contributed by atoms with Crippen molar-refractivity contribution in [2.45, 2.75) is 19.9 Å². The first kappa shape index (κ1) is 12.5. The van der Waals surface area contributed by atoms with Crippen LogP contribution in [0.25, 0.3) is 0 Å². The van der Waals surface area contributed by atoms with E-state index in [1.165, 1.54) is 0 Å². The van der Waals surface area contributed by atoms with Crippen molar-refractivity contribution in [2.75, 3.05) is 18.5 Å². The van der Waals surface area contributed by atoms with Gasteiger partial charge >= 0.3 is 5.97 Å². The Bertz CT molecular complexity index is 352. The topological polar surface area (TPSA) is 58.6 Å². The predicted molar refractivity (Wildman–Crippen MR) is 62.3 cm³/mol. The molecular formula is C12H17NO3. The molecule has 0 saturated carbocycles. The van der Waals surface area contributed by atoms with E-state index in [-0.39, 0.29) is 6.61 Å². The van der Waals surface area contributed by atoms with E-state index in [9.17, 15) is 4.79 Å². The molecule has 0 bridgehead atoms. The number of aliphatic hydroxyl groups is 1. The summed E-state index contributed by atoms with van der Waals surface area (Å²) in [5.41, 5.74) is 1.85. The first-order chi connectivity index (χ1) is 7.69. The Morgan fingerprint density at radius 3 is 2.75 bits per heavy atom. The molecule has 1 unspecified atom stereocenters. The van der Waals surface area contributed by atoms with Crippen molar-refractivity contribution < 1.29 is 14.6 Å². The molecule has 0 radical (unpaired) electrons. The first-order valence-corrected chi connectivity index (χ1v) is 5.28. The lowest BCUT2D eigenvalue weighted by Gasteiger charge is -2.17. The second-order valence-electron chi connectivity index (χ2n) is 3.45. The zero-order chi connectivity index (χ0) is 12.0. The number of esters is 1. The van der Waals surface area contributed by atoms with Gasteiger partial charge in [0, 0.05) is 5.69 Å². The van der Waals surface area contributed by atoms with E-state index in [4.69, 9.17) is 9.84 Å². The first-order valence-electron chi connectivity index (χ1n) is 5.28. The normalized spacial score (nSPS) is 11.9. The van der Waals surface area contributed by atoms with Crippen molar-refractivity contribution in [3.05, 3.63) is 29.8 Å². The van der Waals surface area contributed by atoms with Gasteiger partial charge in [-0.05, 0) is 25.5 Å². The van der Waals surface area contributed by atoms with E-state index in [0.717, 1.165) is 11.3 Å². The van der Waals surface area contributed by atoms with Gasteiger partial charge in [-0.15, -0.1) is 0 Å². The van der Waals surface area contributed by atoms with E-state index in [2.05, 4.69) is 5.32 Å². The molecular weight excluding hydrogens is 206 g/mol. The highest BCUT2D eigenvalue weighted by Gasteiger charge is 2.18. The second kappa shape index (κ2) is 6.12. The van der Waals surface area contributed by atoms with Crippen LogP contribution in [-0.2, 0) is 9.53 Å². The molecule has 0 aromatic heterocycles. The fourth-order valence-corrected chi connectivity index (χ4v) is 1.34. The molecule has 1 atom stereocenters. The van der Waals surface area contributed by atoms with Crippen LogP contribution in [0.2, 0.25) is 0 Å². The van der Waals surface area contributed by atoms with Gasteiger partial charge in [0.15, 0.2) is 0 Å². The monoisotopic (exact) mass is 223 g/mol. The van der Waals surface area contributed by atoms with Crippen molar-refractivity contribution in [3.63, 3.8) is 0 Å². The number of rotatable bonds is 5. The fourth-order valence-electron chi connectivity index (χ4n) is 1.34. The number of para-hydroxylation sites is 1. The van der Waals surface area contributed by atoms with Crippen molar-refractivity contribution in [1.82, 2.24) is 0 Å². The molecule has 1 rings (SSSR count). The highest BCUT2D eigenvalue weighted by atomic mass is 16.5. The summed E-state index contributed by atoms with van der Waals surface area (Å²) < 4.78 is 4.85. The van der Waals surface area contributed by atoms with E-state index in [1.54, 1.807) is 6.92 Å². The molecule has 0 spiro atoms. The molecule has 0 fully saturated rings. The molecule has 16 heavy (non-hydrogen) atoms. The van der Waals surface area contributed by atoms with Gasteiger partial charge in [0.2, 0.25) is 0 Å². The molecule has 4 nitrogen and oxygen atoms in total. The number of hydrogen-bond acceptors (Lipinski definition) is 4. The zero-order valence-electron chi connectivity index (χ0n) is 9.56. The molecule has 0 heterocycles. The minimum Gasteiger partial charge on any atom is -0.464 e. The third-order valence-electron chi connectivity index (χ3n) is 2.23. The maximum absolute atomic E-state index is 11.4. The van der Waals surface area contributed by atoms with Crippen molar-refractivity contribution in [2.24, 2.45) is 0 Å². The average molecular weight is 223 g/mol. The van der Waals surface area contributed by atoms with Gasteiger partial charge in [-0.25, -0.2) is 4.79 Å². The van der Waals surface area contributed by atoms with Gasteiger partial charge in [0.05, 0.1) is 13.2 Å². The lowest BCUT2D eigenvalue weighted by atomic mass is 10.2. The molecule has 88 valence electrons. The summed E-state index contributed by atoms with van der Waals surface area (Å²) in [5.74, 6) is -0.437. The average Bonchev–Trinajstić information content (AvgIpc) is 2.28. The molecule has 0 aliphatic rings. The number of hydrogen-bond donors (Lipinski definition) is 2. The summed E-state index contributed by atoms with van der Waals surface area (Å²) >= 11 is 0. The second-order valence-corrected chi connectivity index (χ2v) is 3.45. The van der Waals surface area contributed by atoms with Crippen LogP contribution >= 0.6 is 0 Å². The smallest absolute Gasteiger partial charge is 0.330 e. The van der Waals surface area contributed by atoms with E-state index >= 15 is 0 Å². The highest BCUT2D eigenvalue weighted by Crippen LogP contribution is 2.14. The summed E-state index contributed by atoms with van der Waals surface area (Å²) in [6, 6.07) is 6.87. The zero-order valence-corrected chi connectivity index (χ0v) is 9.56. The standard InChI is InChI=1S/C12H17NO3/c1-3-16-12(15)11(8-14)13-10-7-5-4-6-9(10)2/h4-7,11,13-14H,3,8H2,1-2H3. The maximum atomic E-state index is 11.4. The van der Waals surface area contributed by atoms with Crippen LogP contribution in [0.1, 0.15) is 12.5 Å². The Morgan fingerprint density at radius 1 is 1.50 bits per heavy atom. The Balaban J connectivity index is 2.70. The van der Waals surface area contributed by atoms with Crippen LogP contribution in [-0.4, -0.2) is 30.3 Å². The van der Waals surface area contributed by atoms with Crippen LogP contribution in [0.4, 0.5) is 5.69 Å². The van der Waals surface area contributed by atoms with Crippen LogP contribution in [0.15, 0.2) is 24.3 Å². The van der Waals surface area contributed by atoms with E-state index in [1.807, 2.05) is 31.2 Å². The minimum absolute atomic E-state index is 0.285. The van der Waals surface area contributed by atoms with Crippen LogP contribution in [0.5, 0.6) is 0 Å². The number of nitrogens with one attached hydrogen (secondary N) is 1. The summed E-state index contributed by atoms with van der Waals surface area (Å²) in [6.45, 7) is 3.69. The van der Waals surface area contributed by atoms with E-state index < -0.39 is 12.0 Å². The maximum Gasteiger partial charge on any atom is 0.330 e. The van der Waals surface area contributed by atoms with Gasteiger partial charge in [-0.1, -0.05) is 18.2 Å². The molecule has 0 aliphatic heterocycles. The number of carbonyl (C=O) groups is 1. The number of benzene rings is 1. The predicted octanol–water partition coefficient (Wildman–Crippen LogP) is 1.33. The highest BCUT2D eigenvalue weighted by molar-refractivity contribution is 5.79. The van der Waals surface area contributed by atoms with Crippen molar-refractivity contribution in [3.8, 4) is 0 Å². The van der Waals surface area contributed by atoms with Crippen molar-refractivity contribution >= 4 is 11.7 Å². The number of carbonyl (C=O) groups excluding carboxylic acids is 1. The number of ether oxygens (including phenoxy) is 1. The van der Waals surface area contributed by atoms with Gasteiger partial charge in [0.25, 0.3) is 0 Å². The summed E-state index contributed by atoms with van der Waals surface area (Å²) in [6.07, 6.45) is 0. The Hall–Kier alpha value is -1.55. The summed E-state index contributed by atoms with van der Waals surface area (Å²) in [7, 11) is 0. The van der Waals surface area contributed by atoms with Gasteiger partial charge in [-0.2, -0.15) is 0 Å². The molecule has 4 heteroatoms. The molecule has 1 aromatic rings. The number of aliphatic hydroxyl groups excluding tert-OH is 1. The van der Waals surface area contributed by atoms with Crippen LogP contribution in [0.3, 0.4) is 0 Å². The largest absolute Gasteiger partial charge is 0.464 e. The Morgan fingerprint density at radius 2 is 2.19 bits per heavy atom. The molecule has 1 aromatic carbocycles. The summed E-state index contributed by atoms with van der Waals surface area (Å²) in [5, 5.41) is 12.1. The van der Waals surface area contributed by atoms with Crippen LogP contribution in [0, 0.1) is 6.92 Å². The molecule has 0 amide bonds. The van der Waals surface area contributed by atoms with Gasteiger partial charge in [0.1, 0.15) is 6.04 Å². The molecule has 0 aliphatic carbocycles. The molecule has 2 N–H and O–H groups in total. The lowest BCUT2D eigenvalue weighted by molar-refractivity contribution is -0.144. The number of aryl methyl sites for hydroxylation is 1. The minimum atomic E-state index is -0.707. The third kappa shape index (κ3) is 3.24. The quantitative estimate of drug-likeness (QED) is 0.739. The lowest BCUT2D eigenvalue weighted by Crippen LogP contribution is -2.34. The SMILES string of the molecule is CCOC(=O)C(CO)Nc1ccccc1C. The van der Waals surface area contributed by atoms with Crippen molar-refractivity contribution in [1.29, 1.82) is 0 Å². The Kier molecular flexibility index (Phi) is 4.79. The van der Waals surface area contributed by atoms with Gasteiger partial charge in [-0.3, -0.25) is 0 Å². The van der Waals surface area contributed by atoms with Gasteiger partial charge < -0.3 is 15.2 Å². The third-order valence-corrected chi connectivity index (χ3v) is 2.23. The summed E-state index contributed by atoms with van der Waals surface area (Å²) in [4.78, 5) is 11.4. The van der Waals surface area contributed by atoms with Crippen LogP contribution < -0.4 is 5.32 Å². The number of anilines is 1. The Labute approximate surface area is 95.2 Å². The van der Waals surface area contributed by atoms with E-state index in [0.29, 0.717) is 6.61 Å².